The lowest BCUT2D eigenvalue weighted by atomic mass is 10.2. The summed E-state index contributed by atoms with van der Waals surface area (Å²) < 4.78 is 0. The van der Waals surface area contributed by atoms with Crippen LogP contribution in [0.1, 0.15) is 21.1 Å². The molecule has 2 aromatic rings. The molecule has 0 atom stereocenters. The minimum absolute atomic E-state index is 0.00175. The lowest BCUT2D eigenvalue weighted by molar-refractivity contribution is 0.0691. The zero-order valence-corrected chi connectivity index (χ0v) is 12.3. The molecular formula is C14H15N3O3S. The highest BCUT2D eigenvalue weighted by atomic mass is 32.1. The fraction of sp³-hybridized carbons (Fsp3) is 0.214. The van der Waals surface area contributed by atoms with Crippen molar-refractivity contribution < 1.29 is 14.7 Å². The third-order valence-corrected chi connectivity index (χ3v) is 3.62. The van der Waals surface area contributed by atoms with Gasteiger partial charge in [0.2, 0.25) is 0 Å². The summed E-state index contributed by atoms with van der Waals surface area (Å²) in [5.74, 6) is -1.06. The summed E-state index contributed by atoms with van der Waals surface area (Å²) in [6.07, 6.45) is 0. The molecule has 0 radical (unpaired) electrons. The number of carbonyl (C=O) groups excluding carboxylic acids is 1. The molecule has 0 aliphatic heterocycles. The summed E-state index contributed by atoms with van der Waals surface area (Å²) in [6.45, 7) is 0.723. The van der Waals surface area contributed by atoms with E-state index in [1.807, 2.05) is 30.3 Å². The topological polar surface area (TPSA) is 82.5 Å². The monoisotopic (exact) mass is 305 g/mol. The number of hydrogen-bond donors (Lipinski definition) is 2. The maximum Gasteiger partial charge on any atom is 0.355 e. The van der Waals surface area contributed by atoms with Crippen molar-refractivity contribution in [3.05, 3.63) is 52.0 Å². The number of urea groups is 1. The predicted octanol–water partition coefficient (Wildman–Crippen LogP) is 2.18. The van der Waals surface area contributed by atoms with Crippen molar-refractivity contribution in [3.8, 4) is 0 Å². The van der Waals surface area contributed by atoms with Gasteiger partial charge in [0.05, 0.1) is 6.54 Å². The Balaban J connectivity index is 1.84. The minimum Gasteiger partial charge on any atom is -0.476 e. The molecule has 1 aromatic heterocycles. The second-order valence-corrected chi connectivity index (χ2v) is 5.37. The lowest BCUT2D eigenvalue weighted by Gasteiger charge is -2.17. The number of nitrogens with one attached hydrogen (secondary N) is 1. The van der Waals surface area contributed by atoms with E-state index in [9.17, 15) is 9.59 Å². The molecule has 2 N–H and O–H groups in total. The van der Waals surface area contributed by atoms with Crippen LogP contribution in [0.25, 0.3) is 0 Å². The molecular weight excluding hydrogens is 290 g/mol. The third kappa shape index (κ3) is 4.28. The minimum atomic E-state index is -1.06. The van der Waals surface area contributed by atoms with E-state index in [1.165, 1.54) is 16.7 Å². The SMILES string of the molecule is CN(Cc1ccccc1)C(=O)NCc1nc(C(=O)O)cs1. The summed E-state index contributed by atoms with van der Waals surface area (Å²) in [4.78, 5) is 28.1. The van der Waals surface area contributed by atoms with Crippen LogP contribution < -0.4 is 5.32 Å². The molecule has 0 fully saturated rings. The number of hydrogen-bond acceptors (Lipinski definition) is 4. The van der Waals surface area contributed by atoms with E-state index in [0.717, 1.165) is 5.56 Å². The molecule has 0 aliphatic carbocycles. The molecule has 1 aromatic carbocycles. The summed E-state index contributed by atoms with van der Waals surface area (Å²) in [7, 11) is 1.70. The Morgan fingerprint density at radius 2 is 2.05 bits per heavy atom. The maximum atomic E-state index is 11.9. The van der Waals surface area contributed by atoms with Crippen LogP contribution in [0.15, 0.2) is 35.7 Å². The van der Waals surface area contributed by atoms with Crippen molar-refractivity contribution >= 4 is 23.3 Å². The van der Waals surface area contributed by atoms with Crippen LogP contribution in [0, 0.1) is 0 Å². The number of benzene rings is 1. The first-order valence-corrected chi connectivity index (χ1v) is 7.15. The first-order chi connectivity index (χ1) is 10.1. The average Bonchev–Trinajstić information content (AvgIpc) is 2.95. The van der Waals surface area contributed by atoms with E-state index in [0.29, 0.717) is 11.6 Å². The molecule has 21 heavy (non-hydrogen) atoms. The molecule has 0 spiro atoms. The Labute approximate surface area is 126 Å². The van der Waals surface area contributed by atoms with Gasteiger partial charge in [-0.1, -0.05) is 30.3 Å². The van der Waals surface area contributed by atoms with Crippen LogP contribution in [-0.4, -0.2) is 34.0 Å². The standard InChI is InChI=1S/C14H15N3O3S/c1-17(8-10-5-3-2-4-6-10)14(20)15-7-12-16-11(9-21-12)13(18)19/h2-6,9H,7-8H2,1H3,(H,15,20)(H,18,19). The van der Waals surface area contributed by atoms with Gasteiger partial charge < -0.3 is 15.3 Å². The van der Waals surface area contributed by atoms with Crippen LogP contribution in [0.3, 0.4) is 0 Å². The van der Waals surface area contributed by atoms with Gasteiger partial charge in [-0.15, -0.1) is 11.3 Å². The van der Waals surface area contributed by atoms with Gasteiger partial charge in [-0.25, -0.2) is 14.6 Å². The zero-order chi connectivity index (χ0) is 15.2. The van der Waals surface area contributed by atoms with Crippen molar-refractivity contribution in [3.63, 3.8) is 0 Å². The largest absolute Gasteiger partial charge is 0.476 e. The zero-order valence-electron chi connectivity index (χ0n) is 11.4. The Hall–Kier alpha value is -2.41. The second kappa shape index (κ2) is 6.85. The molecule has 0 saturated carbocycles. The fourth-order valence-electron chi connectivity index (χ4n) is 1.71. The number of amides is 2. The van der Waals surface area contributed by atoms with Crippen LogP contribution >= 0.6 is 11.3 Å². The van der Waals surface area contributed by atoms with Gasteiger partial charge in [0.25, 0.3) is 0 Å². The van der Waals surface area contributed by atoms with E-state index in [2.05, 4.69) is 10.3 Å². The van der Waals surface area contributed by atoms with Gasteiger partial charge in [0, 0.05) is 19.0 Å². The Kier molecular flexibility index (Phi) is 4.89. The summed E-state index contributed by atoms with van der Waals surface area (Å²) >= 11 is 1.21. The number of carboxylic acids is 1. The molecule has 6 nitrogen and oxygen atoms in total. The summed E-state index contributed by atoms with van der Waals surface area (Å²) in [6, 6.07) is 9.43. The first kappa shape index (κ1) is 15.0. The molecule has 0 aliphatic rings. The number of nitrogens with zero attached hydrogens (tertiary/aromatic N) is 2. The van der Waals surface area contributed by atoms with Crippen LogP contribution in [-0.2, 0) is 13.1 Å². The number of rotatable bonds is 5. The predicted molar refractivity (Wildman–Crippen MR) is 79.2 cm³/mol. The van der Waals surface area contributed by atoms with Crippen LogP contribution in [0.5, 0.6) is 0 Å². The molecule has 2 amide bonds. The van der Waals surface area contributed by atoms with Gasteiger partial charge in [0.15, 0.2) is 5.69 Å². The van der Waals surface area contributed by atoms with Crippen molar-refractivity contribution in [2.75, 3.05) is 7.05 Å². The lowest BCUT2D eigenvalue weighted by Crippen LogP contribution is -2.36. The molecule has 110 valence electrons. The highest BCUT2D eigenvalue weighted by molar-refractivity contribution is 7.09. The molecule has 0 unspecified atom stereocenters. The van der Waals surface area contributed by atoms with Crippen molar-refractivity contribution in [1.82, 2.24) is 15.2 Å². The second-order valence-electron chi connectivity index (χ2n) is 4.43. The highest BCUT2D eigenvalue weighted by Gasteiger charge is 2.11. The molecule has 1 heterocycles. The third-order valence-electron chi connectivity index (χ3n) is 2.77. The maximum absolute atomic E-state index is 11.9. The first-order valence-electron chi connectivity index (χ1n) is 6.27. The van der Waals surface area contributed by atoms with Crippen molar-refractivity contribution in [2.24, 2.45) is 0 Å². The van der Waals surface area contributed by atoms with Crippen LogP contribution in [0.4, 0.5) is 4.79 Å². The quantitative estimate of drug-likeness (QED) is 0.887. The van der Waals surface area contributed by atoms with Crippen LogP contribution in [0.2, 0.25) is 0 Å². The normalized spacial score (nSPS) is 10.1. The number of aromatic nitrogens is 1. The van der Waals surface area contributed by atoms with Crippen molar-refractivity contribution in [1.29, 1.82) is 0 Å². The smallest absolute Gasteiger partial charge is 0.355 e. The van der Waals surface area contributed by atoms with E-state index < -0.39 is 5.97 Å². The molecule has 7 heteroatoms. The van der Waals surface area contributed by atoms with Gasteiger partial charge in [0.1, 0.15) is 5.01 Å². The average molecular weight is 305 g/mol. The molecule has 2 rings (SSSR count). The number of aromatic carboxylic acids is 1. The number of thiazole rings is 1. The van der Waals surface area contributed by atoms with E-state index in [1.54, 1.807) is 11.9 Å². The Bertz CT molecular complexity index is 627. The molecule has 0 saturated heterocycles. The van der Waals surface area contributed by atoms with Gasteiger partial charge in [-0.3, -0.25) is 0 Å². The number of carbonyl (C=O) groups is 2. The van der Waals surface area contributed by atoms with E-state index in [4.69, 9.17) is 5.11 Å². The van der Waals surface area contributed by atoms with Gasteiger partial charge >= 0.3 is 12.0 Å². The van der Waals surface area contributed by atoms with Gasteiger partial charge in [-0.05, 0) is 5.56 Å². The van der Waals surface area contributed by atoms with E-state index in [-0.39, 0.29) is 18.3 Å². The van der Waals surface area contributed by atoms with Gasteiger partial charge in [-0.2, -0.15) is 0 Å². The Morgan fingerprint density at radius 1 is 1.33 bits per heavy atom. The van der Waals surface area contributed by atoms with Crippen molar-refractivity contribution in [2.45, 2.75) is 13.1 Å². The summed E-state index contributed by atoms with van der Waals surface area (Å²) in [5, 5.41) is 13.5. The number of carboxylic acid groups (broad SMARTS) is 1. The van der Waals surface area contributed by atoms with E-state index >= 15 is 0 Å². The summed E-state index contributed by atoms with van der Waals surface area (Å²) in [5.41, 5.74) is 1.04. The fourth-order valence-corrected chi connectivity index (χ4v) is 2.41. The molecule has 0 bridgehead atoms. The Morgan fingerprint density at radius 3 is 2.67 bits per heavy atom. The highest BCUT2D eigenvalue weighted by Crippen LogP contribution is 2.09.